The van der Waals surface area contributed by atoms with Crippen LogP contribution in [0, 0.1) is 13.8 Å². The third-order valence-electron chi connectivity index (χ3n) is 3.97. The van der Waals surface area contributed by atoms with Crippen molar-refractivity contribution < 1.29 is 4.74 Å². The first kappa shape index (κ1) is 15.7. The summed E-state index contributed by atoms with van der Waals surface area (Å²) in [5, 5.41) is 6.79. The smallest absolute Gasteiger partial charge is 0.191 e. The van der Waals surface area contributed by atoms with Crippen LogP contribution in [0.15, 0.2) is 23.2 Å². The highest BCUT2D eigenvalue weighted by atomic mass is 16.5. The standard InChI is InChI=1S/C17H27N3O/c1-13-7-6-8-14(2)16(13)21-12-11-19-17(18-3)20-15-9-4-5-10-15/h6-8,15H,4-5,9-12H2,1-3H3,(H2,18,19,20). The lowest BCUT2D eigenvalue weighted by Crippen LogP contribution is -2.43. The molecule has 0 saturated heterocycles. The monoisotopic (exact) mass is 289 g/mol. The van der Waals surface area contributed by atoms with E-state index in [1.54, 1.807) is 0 Å². The fourth-order valence-corrected chi connectivity index (χ4v) is 2.81. The van der Waals surface area contributed by atoms with Crippen LogP contribution in [0.2, 0.25) is 0 Å². The predicted molar refractivity (Wildman–Crippen MR) is 88.2 cm³/mol. The summed E-state index contributed by atoms with van der Waals surface area (Å²) in [5.74, 6) is 1.88. The molecule has 0 heterocycles. The zero-order chi connectivity index (χ0) is 15.1. The molecule has 1 aromatic rings. The van der Waals surface area contributed by atoms with Crippen LogP contribution in [0.3, 0.4) is 0 Å². The molecular weight excluding hydrogens is 262 g/mol. The molecule has 0 aliphatic heterocycles. The van der Waals surface area contributed by atoms with Crippen molar-refractivity contribution in [2.45, 2.75) is 45.6 Å². The van der Waals surface area contributed by atoms with Gasteiger partial charge in [-0.2, -0.15) is 0 Å². The van der Waals surface area contributed by atoms with E-state index >= 15 is 0 Å². The second-order valence-corrected chi connectivity index (χ2v) is 5.69. The number of hydrogen-bond acceptors (Lipinski definition) is 2. The first-order chi connectivity index (χ1) is 10.2. The molecule has 0 spiro atoms. The molecule has 0 radical (unpaired) electrons. The van der Waals surface area contributed by atoms with Crippen LogP contribution in [-0.2, 0) is 0 Å². The topological polar surface area (TPSA) is 45.7 Å². The Morgan fingerprint density at radius 1 is 1.24 bits per heavy atom. The van der Waals surface area contributed by atoms with Gasteiger partial charge < -0.3 is 15.4 Å². The van der Waals surface area contributed by atoms with Crippen molar-refractivity contribution in [1.29, 1.82) is 0 Å². The maximum Gasteiger partial charge on any atom is 0.191 e. The molecule has 0 aromatic heterocycles. The minimum atomic E-state index is 0.579. The van der Waals surface area contributed by atoms with Crippen LogP contribution in [0.1, 0.15) is 36.8 Å². The van der Waals surface area contributed by atoms with Crippen LogP contribution in [-0.4, -0.2) is 32.2 Å². The van der Waals surface area contributed by atoms with E-state index in [2.05, 4.69) is 47.7 Å². The Labute approximate surface area is 128 Å². The van der Waals surface area contributed by atoms with Crippen molar-refractivity contribution in [3.8, 4) is 5.75 Å². The summed E-state index contributed by atoms with van der Waals surface area (Å²) in [4.78, 5) is 4.27. The fourth-order valence-electron chi connectivity index (χ4n) is 2.81. The van der Waals surface area contributed by atoms with Crippen LogP contribution >= 0.6 is 0 Å². The second-order valence-electron chi connectivity index (χ2n) is 5.69. The third kappa shape index (κ3) is 4.66. The largest absolute Gasteiger partial charge is 0.491 e. The van der Waals surface area contributed by atoms with E-state index in [4.69, 9.17) is 4.74 Å². The van der Waals surface area contributed by atoms with Crippen molar-refractivity contribution in [2.75, 3.05) is 20.2 Å². The number of guanidine groups is 1. The Bertz CT molecular complexity index is 459. The van der Waals surface area contributed by atoms with Gasteiger partial charge >= 0.3 is 0 Å². The molecule has 1 saturated carbocycles. The van der Waals surface area contributed by atoms with Crippen LogP contribution in [0.5, 0.6) is 5.75 Å². The van der Waals surface area contributed by atoms with Gasteiger partial charge in [-0.05, 0) is 37.8 Å². The van der Waals surface area contributed by atoms with Crippen molar-refractivity contribution >= 4 is 5.96 Å². The molecule has 2 N–H and O–H groups in total. The van der Waals surface area contributed by atoms with Crippen molar-refractivity contribution in [2.24, 2.45) is 4.99 Å². The lowest BCUT2D eigenvalue weighted by molar-refractivity contribution is 0.317. The molecule has 0 unspecified atom stereocenters. The Morgan fingerprint density at radius 3 is 2.52 bits per heavy atom. The zero-order valence-corrected chi connectivity index (χ0v) is 13.4. The van der Waals surface area contributed by atoms with Gasteiger partial charge in [-0.25, -0.2) is 0 Å². The van der Waals surface area contributed by atoms with Crippen LogP contribution in [0.25, 0.3) is 0 Å². The summed E-state index contributed by atoms with van der Waals surface area (Å²) < 4.78 is 5.89. The maximum absolute atomic E-state index is 5.89. The quantitative estimate of drug-likeness (QED) is 0.498. The van der Waals surface area contributed by atoms with Gasteiger partial charge in [-0.3, -0.25) is 4.99 Å². The molecule has 21 heavy (non-hydrogen) atoms. The summed E-state index contributed by atoms with van der Waals surface area (Å²) in [6, 6.07) is 6.80. The molecule has 1 aliphatic carbocycles. The summed E-state index contributed by atoms with van der Waals surface area (Å²) >= 11 is 0. The highest BCUT2D eigenvalue weighted by Gasteiger charge is 2.15. The molecule has 116 valence electrons. The number of ether oxygens (including phenoxy) is 1. The Morgan fingerprint density at radius 2 is 1.90 bits per heavy atom. The molecule has 1 aliphatic rings. The van der Waals surface area contributed by atoms with Gasteiger partial charge in [0, 0.05) is 13.1 Å². The van der Waals surface area contributed by atoms with Crippen LogP contribution < -0.4 is 15.4 Å². The number of rotatable bonds is 5. The molecule has 1 aromatic carbocycles. The molecule has 0 atom stereocenters. The molecular formula is C17H27N3O. The average Bonchev–Trinajstić information content (AvgIpc) is 2.97. The normalized spacial score (nSPS) is 16.0. The molecule has 0 bridgehead atoms. The van der Waals surface area contributed by atoms with Crippen molar-refractivity contribution in [3.05, 3.63) is 29.3 Å². The molecule has 4 heteroatoms. The fraction of sp³-hybridized carbons (Fsp3) is 0.588. The van der Waals surface area contributed by atoms with E-state index in [-0.39, 0.29) is 0 Å². The third-order valence-corrected chi connectivity index (χ3v) is 3.97. The van der Waals surface area contributed by atoms with Gasteiger partial charge in [0.15, 0.2) is 5.96 Å². The second kappa shape index (κ2) is 7.91. The van der Waals surface area contributed by atoms with E-state index in [0.717, 1.165) is 18.3 Å². The summed E-state index contributed by atoms with van der Waals surface area (Å²) in [6.07, 6.45) is 5.15. The van der Waals surface area contributed by atoms with E-state index in [9.17, 15) is 0 Å². The Kier molecular flexibility index (Phi) is 5.90. The molecule has 4 nitrogen and oxygen atoms in total. The molecule has 1 fully saturated rings. The average molecular weight is 289 g/mol. The summed E-state index contributed by atoms with van der Waals surface area (Å²) in [7, 11) is 1.82. The van der Waals surface area contributed by atoms with Gasteiger partial charge in [0.25, 0.3) is 0 Å². The van der Waals surface area contributed by atoms with E-state index in [0.29, 0.717) is 12.6 Å². The number of nitrogens with one attached hydrogen (secondary N) is 2. The minimum Gasteiger partial charge on any atom is -0.491 e. The minimum absolute atomic E-state index is 0.579. The zero-order valence-electron chi connectivity index (χ0n) is 13.4. The first-order valence-electron chi connectivity index (χ1n) is 7.87. The summed E-state index contributed by atoms with van der Waals surface area (Å²) in [5.41, 5.74) is 2.37. The van der Waals surface area contributed by atoms with Gasteiger partial charge in [0.05, 0.1) is 6.54 Å². The lowest BCUT2D eigenvalue weighted by Gasteiger charge is -2.17. The number of benzene rings is 1. The number of nitrogens with zero attached hydrogens (tertiary/aromatic N) is 1. The van der Waals surface area contributed by atoms with Gasteiger partial charge in [0.2, 0.25) is 0 Å². The molecule has 2 rings (SSSR count). The number of hydrogen-bond donors (Lipinski definition) is 2. The number of aliphatic imine (C=N–C) groups is 1. The van der Waals surface area contributed by atoms with Crippen molar-refractivity contribution in [3.63, 3.8) is 0 Å². The van der Waals surface area contributed by atoms with E-state index in [1.165, 1.54) is 36.8 Å². The molecule has 0 amide bonds. The maximum atomic E-state index is 5.89. The van der Waals surface area contributed by atoms with E-state index < -0.39 is 0 Å². The summed E-state index contributed by atoms with van der Waals surface area (Å²) in [6.45, 7) is 5.55. The van der Waals surface area contributed by atoms with Gasteiger partial charge in [-0.15, -0.1) is 0 Å². The van der Waals surface area contributed by atoms with Gasteiger partial charge in [-0.1, -0.05) is 31.0 Å². The highest BCUT2D eigenvalue weighted by Crippen LogP contribution is 2.22. The van der Waals surface area contributed by atoms with E-state index in [1.807, 2.05) is 7.05 Å². The Balaban J connectivity index is 1.73. The lowest BCUT2D eigenvalue weighted by atomic mass is 10.1. The SMILES string of the molecule is CN=C(NCCOc1c(C)cccc1C)NC1CCCC1. The highest BCUT2D eigenvalue weighted by molar-refractivity contribution is 5.79. The number of para-hydroxylation sites is 1. The number of aryl methyl sites for hydroxylation is 2. The predicted octanol–water partition coefficient (Wildman–Crippen LogP) is 2.79. The first-order valence-corrected chi connectivity index (χ1v) is 7.87. The Hall–Kier alpha value is -1.71. The van der Waals surface area contributed by atoms with Gasteiger partial charge in [0.1, 0.15) is 12.4 Å². The van der Waals surface area contributed by atoms with Crippen molar-refractivity contribution in [1.82, 2.24) is 10.6 Å². The van der Waals surface area contributed by atoms with Crippen LogP contribution in [0.4, 0.5) is 0 Å².